The fourth-order valence-corrected chi connectivity index (χ4v) is 2.10. The van der Waals surface area contributed by atoms with E-state index in [9.17, 15) is 4.39 Å². The van der Waals surface area contributed by atoms with Crippen molar-refractivity contribution >= 4 is 5.82 Å². The summed E-state index contributed by atoms with van der Waals surface area (Å²) < 4.78 is 18.5. The van der Waals surface area contributed by atoms with Crippen molar-refractivity contribution in [2.45, 2.75) is 0 Å². The third-order valence-corrected chi connectivity index (χ3v) is 2.91. The van der Waals surface area contributed by atoms with Crippen molar-refractivity contribution in [1.82, 2.24) is 4.98 Å². The molecule has 1 aromatic heterocycles. The molecule has 2 aliphatic heterocycles. The van der Waals surface area contributed by atoms with E-state index in [1.165, 1.54) is 6.07 Å². The molecule has 0 N–H and O–H groups in total. The minimum atomic E-state index is -0.234. The van der Waals surface area contributed by atoms with Crippen molar-refractivity contribution in [3.63, 3.8) is 0 Å². The maximum absolute atomic E-state index is 13.3. The van der Waals surface area contributed by atoms with E-state index in [-0.39, 0.29) is 5.82 Å². The van der Waals surface area contributed by atoms with E-state index in [0.29, 0.717) is 11.2 Å². The van der Waals surface area contributed by atoms with Gasteiger partial charge in [0.15, 0.2) is 11.6 Å². The highest BCUT2D eigenvalue weighted by Gasteiger charge is 2.49. The standard InChI is InChI=1S/C10H11FN2O/c11-8-2-1-3-12-9(8)13-4-10(5-13)6-14-7-10/h1-3H,4-7H2. The van der Waals surface area contributed by atoms with Gasteiger partial charge >= 0.3 is 0 Å². The summed E-state index contributed by atoms with van der Waals surface area (Å²) in [6.07, 6.45) is 1.63. The van der Waals surface area contributed by atoms with Crippen LogP contribution in [0.25, 0.3) is 0 Å². The Morgan fingerprint density at radius 1 is 1.43 bits per heavy atom. The van der Waals surface area contributed by atoms with E-state index in [2.05, 4.69) is 4.98 Å². The predicted octanol–water partition coefficient (Wildman–Crippen LogP) is 1.06. The van der Waals surface area contributed by atoms with E-state index in [1.807, 2.05) is 4.90 Å². The summed E-state index contributed by atoms with van der Waals surface area (Å²) in [5.74, 6) is 0.243. The average molecular weight is 194 g/mol. The van der Waals surface area contributed by atoms with Crippen LogP contribution in [0.5, 0.6) is 0 Å². The molecular weight excluding hydrogens is 183 g/mol. The molecule has 2 fully saturated rings. The number of nitrogens with zero attached hydrogens (tertiary/aromatic N) is 2. The van der Waals surface area contributed by atoms with Gasteiger partial charge in [-0.05, 0) is 12.1 Å². The summed E-state index contributed by atoms with van der Waals surface area (Å²) in [7, 11) is 0. The first-order chi connectivity index (χ1) is 6.79. The molecule has 0 atom stereocenters. The lowest BCUT2D eigenvalue weighted by Crippen LogP contribution is -2.66. The van der Waals surface area contributed by atoms with Gasteiger partial charge in [-0.2, -0.15) is 0 Å². The molecule has 3 rings (SSSR count). The average Bonchev–Trinajstić information content (AvgIpc) is 2.03. The molecule has 2 aliphatic rings. The first kappa shape index (κ1) is 8.17. The summed E-state index contributed by atoms with van der Waals surface area (Å²) in [5, 5.41) is 0. The van der Waals surface area contributed by atoms with Gasteiger partial charge < -0.3 is 9.64 Å². The molecule has 0 bridgehead atoms. The van der Waals surface area contributed by atoms with Gasteiger partial charge in [0.05, 0.1) is 18.6 Å². The second-order valence-corrected chi connectivity index (χ2v) is 4.16. The summed E-state index contributed by atoms with van der Waals surface area (Å²) >= 11 is 0. The van der Waals surface area contributed by atoms with Crippen LogP contribution in [0, 0.1) is 11.2 Å². The van der Waals surface area contributed by atoms with Crippen LogP contribution in [0.3, 0.4) is 0 Å². The quantitative estimate of drug-likeness (QED) is 0.668. The van der Waals surface area contributed by atoms with Crippen molar-refractivity contribution in [3.05, 3.63) is 24.1 Å². The van der Waals surface area contributed by atoms with Crippen LogP contribution in [0.15, 0.2) is 18.3 Å². The van der Waals surface area contributed by atoms with Crippen LogP contribution in [-0.4, -0.2) is 31.3 Å². The smallest absolute Gasteiger partial charge is 0.165 e. The third kappa shape index (κ3) is 1.04. The lowest BCUT2D eigenvalue weighted by molar-refractivity contribution is -0.127. The number of aromatic nitrogens is 1. The molecule has 3 heterocycles. The van der Waals surface area contributed by atoms with E-state index in [4.69, 9.17) is 4.74 Å². The van der Waals surface area contributed by atoms with Crippen molar-refractivity contribution in [2.75, 3.05) is 31.2 Å². The van der Waals surface area contributed by atoms with Crippen LogP contribution >= 0.6 is 0 Å². The highest BCUT2D eigenvalue weighted by molar-refractivity contribution is 5.44. The molecule has 0 aromatic carbocycles. The first-order valence-electron chi connectivity index (χ1n) is 4.72. The molecule has 0 radical (unpaired) electrons. The Bertz CT molecular complexity index is 357. The Morgan fingerprint density at radius 3 is 2.79 bits per heavy atom. The van der Waals surface area contributed by atoms with Gasteiger partial charge in [-0.25, -0.2) is 9.37 Å². The van der Waals surface area contributed by atoms with Gasteiger partial charge in [0, 0.05) is 19.3 Å². The maximum atomic E-state index is 13.3. The fraction of sp³-hybridized carbons (Fsp3) is 0.500. The summed E-state index contributed by atoms with van der Waals surface area (Å²) in [4.78, 5) is 6.00. The van der Waals surface area contributed by atoms with Crippen molar-refractivity contribution in [3.8, 4) is 0 Å². The molecule has 2 saturated heterocycles. The molecule has 0 aliphatic carbocycles. The molecule has 1 spiro atoms. The van der Waals surface area contributed by atoms with Gasteiger partial charge in [-0.15, -0.1) is 0 Å². The van der Waals surface area contributed by atoms with E-state index < -0.39 is 0 Å². The Kier molecular flexibility index (Phi) is 1.56. The topological polar surface area (TPSA) is 25.4 Å². The summed E-state index contributed by atoms with van der Waals surface area (Å²) in [6.45, 7) is 3.39. The molecule has 0 amide bonds. The molecule has 0 saturated carbocycles. The number of hydrogen-bond donors (Lipinski definition) is 0. The summed E-state index contributed by atoms with van der Waals surface area (Å²) in [6, 6.07) is 3.06. The monoisotopic (exact) mass is 194 g/mol. The van der Waals surface area contributed by atoms with Crippen molar-refractivity contribution < 1.29 is 9.13 Å². The normalized spacial score (nSPS) is 23.1. The Balaban J connectivity index is 1.76. The lowest BCUT2D eigenvalue weighted by atomic mass is 9.78. The van der Waals surface area contributed by atoms with Gasteiger partial charge in [0.1, 0.15) is 0 Å². The van der Waals surface area contributed by atoms with Crippen molar-refractivity contribution in [2.24, 2.45) is 5.41 Å². The maximum Gasteiger partial charge on any atom is 0.165 e. The zero-order valence-electron chi connectivity index (χ0n) is 7.74. The van der Waals surface area contributed by atoms with E-state index in [1.54, 1.807) is 12.3 Å². The number of anilines is 1. The van der Waals surface area contributed by atoms with Gasteiger partial charge in [0.2, 0.25) is 0 Å². The number of halogens is 1. The Hall–Kier alpha value is -1.16. The SMILES string of the molecule is Fc1cccnc1N1CC2(COC2)C1. The van der Waals surface area contributed by atoms with Crippen LogP contribution in [0.2, 0.25) is 0 Å². The number of pyridine rings is 1. The Morgan fingerprint density at radius 2 is 2.21 bits per heavy atom. The van der Waals surface area contributed by atoms with Gasteiger partial charge in [-0.3, -0.25) is 0 Å². The number of ether oxygens (including phenoxy) is 1. The minimum Gasteiger partial charge on any atom is -0.380 e. The lowest BCUT2D eigenvalue weighted by Gasteiger charge is -2.55. The van der Waals surface area contributed by atoms with Crippen LogP contribution in [0.4, 0.5) is 10.2 Å². The zero-order chi connectivity index (χ0) is 9.60. The third-order valence-electron chi connectivity index (χ3n) is 2.91. The Labute approximate surface area is 81.5 Å². The second-order valence-electron chi connectivity index (χ2n) is 4.16. The predicted molar refractivity (Wildman–Crippen MR) is 49.7 cm³/mol. The van der Waals surface area contributed by atoms with E-state index >= 15 is 0 Å². The zero-order valence-corrected chi connectivity index (χ0v) is 7.74. The number of hydrogen-bond acceptors (Lipinski definition) is 3. The van der Waals surface area contributed by atoms with Crippen LogP contribution < -0.4 is 4.90 Å². The second kappa shape index (κ2) is 2.67. The molecule has 74 valence electrons. The highest BCUT2D eigenvalue weighted by Crippen LogP contribution is 2.39. The molecule has 14 heavy (non-hydrogen) atoms. The molecule has 3 nitrogen and oxygen atoms in total. The summed E-state index contributed by atoms with van der Waals surface area (Å²) in [5.41, 5.74) is 0.309. The molecule has 0 unspecified atom stereocenters. The van der Waals surface area contributed by atoms with Crippen LogP contribution in [-0.2, 0) is 4.74 Å². The minimum absolute atomic E-state index is 0.234. The van der Waals surface area contributed by atoms with Gasteiger partial charge in [-0.1, -0.05) is 0 Å². The van der Waals surface area contributed by atoms with E-state index in [0.717, 1.165) is 26.3 Å². The highest BCUT2D eigenvalue weighted by atomic mass is 19.1. The van der Waals surface area contributed by atoms with Gasteiger partial charge in [0.25, 0.3) is 0 Å². The first-order valence-corrected chi connectivity index (χ1v) is 4.72. The molecule has 1 aromatic rings. The van der Waals surface area contributed by atoms with Crippen LogP contribution in [0.1, 0.15) is 0 Å². The molecule has 4 heteroatoms. The number of rotatable bonds is 1. The molecular formula is C10H11FN2O. The van der Waals surface area contributed by atoms with Crippen molar-refractivity contribution in [1.29, 1.82) is 0 Å². The largest absolute Gasteiger partial charge is 0.380 e. The fourth-order valence-electron chi connectivity index (χ4n) is 2.10.